The van der Waals surface area contributed by atoms with E-state index in [0.29, 0.717) is 13.8 Å². The second kappa shape index (κ2) is 7.27. The Morgan fingerprint density at radius 1 is 1.13 bits per heavy atom. The largest absolute Gasteiger partial charge is 0.460 e. The van der Waals surface area contributed by atoms with Gasteiger partial charge in [0, 0.05) is 5.57 Å². The first-order chi connectivity index (χ1) is 10.2. The van der Waals surface area contributed by atoms with Gasteiger partial charge in [-0.3, -0.25) is 0 Å². The Labute approximate surface area is 130 Å². The Morgan fingerprint density at radius 2 is 1.61 bits per heavy atom. The molecule has 0 aliphatic heterocycles. The summed E-state index contributed by atoms with van der Waals surface area (Å²) in [5.41, 5.74) is -2.65. The minimum absolute atomic E-state index is 0.161. The number of rotatable bonds is 7. The van der Waals surface area contributed by atoms with Crippen LogP contribution in [0.5, 0.6) is 0 Å². The second-order valence-electron chi connectivity index (χ2n) is 5.66. The van der Waals surface area contributed by atoms with Gasteiger partial charge in [-0.25, -0.2) is 9.59 Å². The first-order valence-corrected chi connectivity index (χ1v) is 6.65. The molecule has 0 N–H and O–H groups in total. The third kappa shape index (κ3) is 5.47. The lowest BCUT2D eigenvalue weighted by molar-refractivity contribution is -0.234. The molecule has 0 aliphatic carbocycles. The molecule has 0 saturated carbocycles. The third-order valence-electron chi connectivity index (χ3n) is 2.98. The van der Waals surface area contributed by atoms with Gasteiger partial charge in [0.1, 0.15) is 6.61 Å². The Kier molecular flexibility index (Phi) is 6.74. The van der Waals surface area contributed by atoms with Gasteiger partial charge in [-0.2, -0.15) is 22.0 Å². The van der Waals surface area contributed by atoms with Crippen molar-refractivity contribution >= 4 is 11.9 Å². The summed E-state index contributed by atoms with van der Waals surface area (Å²) in [5.74, 6) is -7.60. The average molecular weight is 346 g/mol. The van der Waals surface area contributed by atoms with Gasteiger partial charge in [0.2, 0.25) is 0 Å². The van der Waals surface area contributed by atoms with Gasteiger partial charge >= 0.3 is 24.0 Å². The van der Waals surface area contributed by atoms with Gasteiger partial charge in [-0.15, -0.1) is 0 Å². The first kappa shape index (κ1) is 21.3. The Bertz CT molecular complexity index is 468. The maximum atomic E-state index is 13.9. The summed E-state index contributed by atoms with van der Waals surface area (Å²) in [4.78, 5) is 22.7. The number of halogens is 5. The number of carbonyl (C=O) groups excluding carboxylic acids is 2. The number of ether oxygens (including phenoxy) is 2. The monoisotopic (exact) mass is 346 g/mol. The van der Waals surface area contributed by atoms with E-state index in [1.54, 1.807) is 0 Å². The number of esters is 2. The SMILES string of the molecule is C=C(C)C(=O)OC(CC)C(F)(F)C(=O)OCC(C)(C)C(F)(F)F. The van der Waals surface area contributed by atoms with E-state index in [4.69, 9.17) is 0 Å². The summed E-state index contributed by atoms with van der Waals surface area (Å²) in [6.07, 6.45) is -7.34. The van der Waals surface area contributed by atoms with Crippen LogP contribution in [-0.4, -0.2) is 36.7 Å². The zero-order valence-corrected chi connectivity index (χ0v) is 13.2. The highest BCUT2D eigenvalue weighted by Crippen LogP contribution is 2.38. The van der Waals surface area contributed by atoms with Gasteiger partial charge in [0.15, 0.2) is 6.10 Å². The van der Waals surface area contributed by atoms with Crippen molar-refractivity contribution in [1.29, 1.82) is 0 Å². The molecule has 0 heterocycles. The minimum Gasteiger partial charge on any atom is -0.460 e. The molecule has 0 aromatic heterocycles. The molecule has 23 heavy (non-hydrogen) atoms. The van der Waals surface area contributed by atoms with Crippen molar-refractivity contribution in [3.05, 3.63) is 12.2 Å². The zero-order valence-electron chi connectivity index (χ0n) is 13.2. The highest BCUT2D eigenvalue weighted by molar-refractivity contribution is 5.87. The molecule has 0 rings (SSSR count). The average Bonchev–Trinajstić information content (AvgIpc) is 2.39. The summed E-state index contributed by atoms with van der Waals surface area (Å²) in [5, 5.41) is 0. The molecule has 0 fully saturated rings. The van der Waals surface area contributed by atoms with E-state index in [0.717, 1.165) is 0 Å². The summed E-state index contributed by atoms with van der Waals surface area (Å²) >= 11 is 0. The van der Waals surface area contributed by atoms with Gasteiger partial charge in [-0.05, 0) is 27.2 Å². The van der Waals surface area contributed by atoms with Crippen molar-refractivity contribution in [3.8, 4) is 0 Å². The summed E-state index contributed by atoms with van der Waals surface area (Å²) in [6, 6.07) is 0. The van der Waals surface area contributed by atoms with Crippen LogP contribution in [-0.2, 0) is 19.1 Å². The van der Waals surface area contributed by atoms with E-state index < -0.39 is 48.6 Å². The fourth-order valence-electron chi connectivity index (χ4n) is 1.20. The van der Waals surface area contributed by atoms with Crippen molar-refractivity contribution in [1.82, 2.24) is 0 Å². The fraction of sp³-hybridized carbons (Fsp3) is 0.714. The molecule has 0 aromatic carbocycles. The van der Waals surface area contributed by atoms with Crippen LogP contribution in [0.3, 0.4) is 0 Å². The van der Waals surface area contributed by atoms with E-state index in [1.165, 1.54) is 13.8 Å². The van der Waals surface area contributed by atoms with Crippen LogP contribution >= 0.6 is 0 Å². The molecular formula is C14H19F5O4. The maximum Gasteiger partial charge on any atom is 0.397 e. The van der Waals surface area contributed by atoms with Crippen LogP contribution < -0.4 is 0 Å². The lowest BCUT2D eigenvalue weighted by Gasteiger charge is -2.29. The van der Waals surface area contributed by atoms with E-state index in [2.05, 4.69) is 16.1 Å². The Morgan fingerprint density at radius 3 is 1.96 bits per heavy atom. The predicted molar refractivity (Wildman–Crippen MR) is 70.7 cm³/mol. The standard InChI is InChI=1S/C14H19F5O4/c1-6-9(23-10(20)8(2)3)13(15,16)11(21)22-7-12(4,5)14(17,18)19/h9H,2,6-7H2,1,3-5H3. The molecule has 1 atom stereocenters. The molecule has 1 unspecified atom stereocenters. The lowest BCUT2D eigenvalue weighted by Crippen LogP contribution is -2.47. The van der Waals surface area contributed by atoms with Crippen molar-refractivity contribution in [2.75, 3.05) is 6.61 Å². The van der Waals surface area contributed by atoms with Crippen LogP contribution in [0.25, 0.3) is 0 Å². The molecule has 0 aliphatic rings. The Hall–Kier alpha value is -1.67. The van der Waals surface area contributed by atoms with Crippen LogP contribution in [0.4, 0.5) is 22.0 Å². The van der Waals surface area contributed by atoms with E-state index in [1.807, 2.05) is 0 Å². The highest BCUT2D eigenvalue weighted by atomic mass is 19.4. The fourth-order valence-corrected chi connectivity index (χ4v) is 1.20. The Balaban J connectivity index is 5.01. The molecule has 4 nitrogen and oxygen atoms in total. The summed E-state index contributed by atoms with van der Waals surface area (Å²) < 4.78 is 74.2. The molecule has 0 bridgehead atoms. The van der Waals surface area contributed by atoms with Crippen molar-refractivity contribution < 1.29 is 41.0 Å². The zero-order chi connectivity index (χ0) is 18.6. The molecule has 0 amide bonds. The maximum absolute atomic E-state index is 13.9. The predicted octanol–water partition coefficient (Wildman–Crippen LogP) is 3.65. The summed E-state index contributed by atoms with van der Waals surface area (Å²) in [7, 11) is 0. The van der Waals surface area contributed by atoms with Crippen molar-refractivity contribution in [3.63, 3.8) is 0 Å². The lowest BCUT2D eigenvalue weighted by atomic mass is 9.94. The minimum atomic E-state index is -4.74. The summed E-state index contributed by atoms with van der Waals surface area (Å²) in [6.45, 7) is 5.77. The number of hydrogen-bond donors (Lipinski definition) is 0. The van der Waals surface area contributed by atoms with Gasteiger partial charge in [0.25, 0.3) is 0 Å². The highest BCUT2D eigenvalue weighted by Gasteiger charge is 2.53. The third-order valence-corrected chi connectivity index (χ3v) is 2.98. The van der Waals surface area contributed by atoms with Crippen molar-refractivity contribution in [2.45, 2.75) is 52.3 Å². The van der Waals surface area contributed by atoms with Crippen LogP contribution in [0.2, 0.25) is 0 Å². The number of carbonyl (C=O) groups is 2. The molecule has 0 radical (unpaired) electrons. The second-order valence-corrected chi connectivity index (χ2v) is 5.66. The van der Waals surface area contributed by atoms with Crippen molar-refractivity contribution in [2.24, 2.45) is 5.41 Å². The number of alkyl halides is 5. The van der Waals surface area contributed by atoms with Crippen LogP contribution in [0, 0.1) is 5.41 Å². The molecule has 0 spiro atoms. The van der Waals surface area contributed by atoms with Crippen LogP contribution in [0.1, 0.15) is 34.1 Å². The van der Waals surface area contributed by atoms with Gasteiger partial charge < -0.3 is 9.47 Å². The normalized spacial score (nSPS) is 14.1. The first-order valence-electron chi connectivity index (χ1n) is 6.65. The van der Waals surface area contributed by atoms with Gasteiger partial charge in [0.05, 0.1) is 5.41 Å². The van der Waals surface area contributed by atoms with E-state index in [9.17, 15) is 31.5 Å². The molecule has 0 aromatic rings. The topological polar surface area (TPSA) is 52.6 Å². The molecule has 134 valence electrons. The smallest absolute Gasteiger partial charge is 0.397 e. The molecular weight excluding hydrogens is 327 g/mol. The molecule has 9 heteroatoms. The quantitative estimate of drug-likeness (QED) is 0.401. The van der Waals surface area contributed by atoms with E-state index >= 15 is 0 Å². The van der Waals surface area contributed by atoms with E-state index in [-0.39, 0.29) is 5.57 Å². The number of hydrogen-bond acceptors (Lipinski definition) is 4. The van der Waals surface area contributed by atoms with Crippen LogP contribution in [0.15, 0.2) is 12.2 Å². The van der Waals surface area contributed by atoms with Gasteiger partial charge in [-0.1, -0.05) is 13.5 Å². The molecule has 0 saturated heterocycles.